The van der Waals surface area contributed by atoms with E-state index in [0.29, 0.717) is 12.0 Å². The first kappa shape index (κ1) is 18.6. The summed E-state index contributed by atoms with van der Waals surface area (Å²) in [6, 6.07) is 21.0. The van der Waals surface area contributed by atoms with Crippen molar-refractivity contribution in [2.75, 3.05) is 7.05 Å². The predicted molar refractivity (Wildman–Crippen MR) is 109 cm³/mol. The Balaban J connectivity index is 1.78. The number of benzene rings is 3. The molecular weight excluding hydrogens is 336 g/mol. The molecule has 0 bridgehead atoms. The summed E-state index contributed by atoms with van der Waals surface area (Å²) in [6.07, 6.45) is 1.36. The Kier molecular flexibility index (Phi) is 5.87. The molecule has 0 spiro atoms. The second kappa shape index (κ2) is 8.49. The molecule has 4 heteroatoms. The fraction of sp³-hybridized carbons (Fsp3) is 0.217. The molecule has 138 valence electrons. The third-order valence-corrected chi connectivity index (χ3v) is 4.75. The van der Waals surface area contributed by atoms with E-state index in [2.05, 4.69) is 29.7 Å². The highest BCUT2D eigenvalue weighted by atomic mass is 16.2. The maximum Gasteiger partial charge on any atom is 0.251 e. The maximum atomic E-state index is 12.6. The van der Waals surface area contributed by atoms with Gasteiger partial charge in [0.25, 0.3) is 5.91 Å². The van der Waals surface area contributed by atoms with Crippen LogP contribution in [0.2, 0.25) is 0 Å². The lowest BCUT2D eigenvalue weighted by Crippen LogP contribution is -2.47. The molecule has 0 radical (unpaired) electrons. The summed E-state index contributed by atoms with van der Waals surface area (Å²) in [5.74, 6) is -0.450. The summed E-state index contributed by atoms with van der Waals surface area (Å²) in [7, 11) is 1.58. The van der Waals surface area contributed by atoms with E-state index in [4.69, 9.17) is 0 Å². The molecule has 1 atom stereocenters. The molecule has 27 heavy (non-hydrogen) atoms. The van der Waals surface area contributed by atoms with E-state index in [1.54, 1.807) is 19.2 Å². The molecule has 0 saturated heterocycles. The zero-order valence-electron chi connectivity index (χ0n) is 15.7. The molecule has 0 aromatic heterocycles. The number of nitrogens with one attached hydrogen (secondary N) is 2. The zero-order chi connectivity index (χ0) is 19.2. The lowest BCUT2D eigenvalue weighted by molar-refractivity contribution is -0.122. The Morgan fingerprint density at radius 2 is 1.56 bits per heavy atom. The van der Waals surface area contributed by atoms with Gasteiger partial charge in [-0.15, -0.1) is 0 Å². The van der Waals surface area contributed by atoms with Gasteiger partial charge in [-0.25, -0.2) is 0 Å². The third-order valence-electron chi connectivity index (χ3n) is 4.75. The minimum absolute atomic E-state index is 0.207. The van der Waals surface area contributed by atoms with Crippen LogP contribution >= 0.6 is 0 Å². The monoisotopic (exact) mass is 360 g/mol. The van der Waals surface area contributed by atoms with E-state index in [0.717, 1.165) is 22.8 Å². The number of hydrogen-bond donors (Lipinski definition) is 2. The molecular formula is C23H24N2O2. The van der Waals surface area contributed by atoms with Crippen molar-refractivity contribution >= 4 is 22.6 Å². The van der Waals surface area contributed by atoms with Crippen molar-refractivity contribution in [1.29, 1.82) is 0 Å². The Bertz CT molecular complexity index is 948. The van der Waals surface area contributed by atoms with Crippen molar-refractivity contribution in [1.82, 2.24) is 10.6 Å². The topological polar surface area (TPSA) is 58.2 Å². The second-order valence-corrected chi connectivity index (χ2v) is 6.58. The van der Waals surface area contributed by atoms with Crippen LogP contribution in [0.25, 0.3) is 10.8 Å². The first-order valence-corrected chi connectivity index (χ1v) is 9.19. The smallest absolute Gasteiger partial charge is 0.251 e. The minimum atomic E-state index is -0.630. The normalized spacial score (nSPS) is 11.8. The van der Waals surface area contributed by atoms with E-state index >= 15 is 0 Å². The molecule has 0 heterocycles. The second-order valence-electron chi connectivity index (χ2n) is 6.58. The van der Waals surface area contributed by atoms with E-state index in [9.17, 15) is 9.59 Å². The Morgan fingerprint density at radius 1 is 0.889 bits per heavy atom. The molecule has 3 aromatic carbocycles. The summed E-state index contributed by atoms with van der Waals surface area (Å²) in [6.45, 7) is 2.07. The fourth-order valence-electron chi connectivity index (χ4n) is 3.12. The predicted octanol–water partition coefficient (Wildman–Crippen LogP) is 3.49. The molecule has 0 aliphatic heterocycles. The summed E-state index contributed by atoms with van der Waals surface area (Å²) in [5, 5.41) is 7.78. The van der Waals surface area contributed by atoms with E-state index in [1.165, 1.54) is 5.56 Å². The van der Waals surface area contributed by atoms with Gasteiger partial charge in [-0.05, 0) is 40.5 Å². The number of amides is 2. The molecule has 0 aliphatic carbocycles. The van der Waals surface area contributed by atoms with Crippen LogP contribution in [0.3, 0.4) is 0 Å². The van der Waals surface area contributed by atoms with Crippen LogP contribution < -0.4 is 10.6 Å². The van der Waals surface area contributed by atoms with Crippen molar-refractivity contribution in [2.45, 2.75) is 25.8 Å². The summed E-state index contributed by atoms with van der Waals surface area (Å²) in [4.78, 5) is 24.9. The van der Waals surface area contributed by atoms with Gasteiger partial charge in [0, 0.05) is 19.0 Å². The van der Waals surface area contributed by atoms with Crippen LogP contribution in [-0.2, 0) is 17.6 Å². The number of carbonyl (C=O) groups is 2. The highest BCUT2D eigenvalue weighted by Crippen LogP contribution is 2.17. The summed E-state index contributed by atoms with van der Waals surface area (Å²) in [5.41, 5.74) is 2.73. The van der Waals surface area contributed by atoms with E-state index < -0.39 is 6.04 Å². The number of fused-ring (bicyclic) bond motifs is 1. The maximum absolute atomic E-state index is 12.6. The average Bonchev–Trinajstić information content (AvgIpc) is 2.72. The number of carbonyl (C=O) groups excluding carboxylic acids is 2. The average molecular weight is 360 g/mol. The van der Waals surface area contributed by atoms with Crippen molar-refractivity contribution in [2.24, 2.45) is 0 Å². The molecule has 1 unspecified atom stereocenters. The van der Waals surface area contributed by atoms with Crippen LogP contribution in [0.5, 0.6) is 0 Å². The molecule has 4 nitrogen and oxygen atoms in total. The van der Waals surface area contributed by atoms with Gasteiger partial charge in [-0.1, -0.05) is 61.5 Å². The number of hydrogen-bond acceptors (Lipinski definition) is 2. The van der Waals surface area contributed by atoms with Crippen molar-refractivity contribution in [3.63, 3.8) is 0 Å². The lowest BCUT2D eigenvalue weighted by Gasteiger charge is -2.18. The van der Waals surface area contributed by atoms with Crippen LogP contribution in [0.1, 0.15) is 28.4 Å². The van der Waals surface area contributed by atoms with E-state index in [1.807, 2.05) is 42.5 Å². The zero-order valence-corrected chi connectivity index (χ0v) is 15.7. The summed E-state index contributed by atoms with van der Waals surface area (Å²) >= 11 is 0. The quantitative estimate of drug-likeness (QED) is 0.707. The SMILES string of the molecule is CCc1ccc(C(=O)NC(Cc2ccc3ccccc3c2)C(=O)NC)cc1. The molecule has 0 saturated carbocycles. The minimum Gasteiger partial charge on any atom is -0.357 e. The van der Waals surface area contributed by atoms with E-state index in [-0.39, 0.29) is 11.8 Å². The van der Waals surface area contributed by atoms with Crippen LogP contribution in [0.15, 0.2) is 66.7 Å². The molecule has 2 N–H and O–H groups in total. The first-order chi connectivity index (χ1) is 13.1. The number of likely N-dealkylation sites (N-methyl/N-ethyl adjacent to an activating group) is 1. The van der Waals surface area contributed by atoms with Gasteiger partial charge in [0.1, 0.15) is 6.04 Å². The molecule has 3 aromatic rings. The molecule has 2 amide bonds. The Hall–Kier alpha value is -3.14. The fourth-order valence-corrected chi connectivity index (χ4v) is 3.12. The van der Waals surface area contributed by atoms with Gasteiger partial charge < -0.3 is 10.6 Å². The lowest BCUT2D eigenvalue weighted by atomic mass is 10.0. The first-order valence-electron chi connectivity index (χ1n) is 9.19. The molecule has 0 aliphatic rings. The van der Waals surface area contributed by atoms with Gasteiger partial charge in [0.2, 0.25) is 5.91 Å². The highest BCUT2D eigenvalue weighted by Gasteiger charge is 2.21. The van der Waals surface area contributed by atoms with Gasteiger partial charge in [0.15, 0.2) is 0 Å². The van der Waals surface area contributed by atoms with Gasteiger partial charge in [-0.3, -0.25) is 9.59 Å². The number of aryl methyl sites for hydroxylation is 1. The highest BCUT2D eigenvalue weighted by molar-refractivity contribution is 5.97. The third kappa shape index (κ3) is 4.53. The Labute approximate surface area is 159 Å². The van der Waals surface area contributed by atoms with Crippen molar-refractivity contribution in [3.8, 4) is 0 Å². The number of rotatable bonds is 6. The van der Waals surface area contributed by atoms with Crippen LogP contribution in [-0.4, -0.2) is 24.9 Å². The van der Waals surface area contributed by atoms with Crippen molar-refractivity contribution < 1.29 is 9.59 Å². The van der Waals surface area contributed by atoms with Gasteiger partial charge in [-0.2, -0.15) is 0 Å². The van der Waals surface area contributed by atoms with Crippen LogP contribution in [0.4, 0.5) is 0 Å². The standard InChI is InChI=1S/C23H24N2O2/c1-3-16-8-12-19(13-9-16)22(26)25-21(23(27)24-2)15-17-10-11-18-6-4-5-7-20(18)14-17/h4-14,21H,3,15H2,1-2H3,(H,24,27)(H,25,26). The molecule has 3 rings (SSSR count). The van der Waals surface area contributed by atoms with Crippen LogP contribution in [0, 0.1) is 0 Å². The van der Waals surface area contributed by atoms with Crippen molar-refractivity contribution in [3.05, 3.63) is 83.4 Å². The molecule has 0 fully saturated rings. The largest absolute Gasteiger partial charge is 0.357 e. The Morgan fingerprint density at radius 3 is 2.22 bits per heavy atom. The van der Waals surface area contributed by atoms with Gasteiger partial charge in [0.05, 0.1) is 0 Å². The van der Waals surface area contributed by atoms with Gasteiger partial charge >= 0.3 is 0 Å². The summed E-state index contributed by atoms with van der Waals surface area (Å²) < 4.78 is 0.